The monoisotopic (exact) mass is 222 g/mol. The van der Waals surface area contributed by atoms with Gasteiger partial charge in [-0.25, -0.2) is 4.98 Å². The minimum absolute atomic E-state index is 0.252. The van der Waals surface area contributed by atoms with Crippen molar-refractivity contribution in [1.82, 2.24) is 4.98 Å². The Morgan fingerprint density at radius 2 is 2.25 bits per heavy atom. The van der Waals surface area contributed by atoms with Crippen LogP contribution in [0.15, 0.2) is 12.3 Å². The largest absolute Gasteiger partial charge is 0.398 e. The Bertz CT molecular complexity index is 365. The van der Waals surface area contributed by atoms with Gasteiger partial charge in [-0.05, 0) is 25.3 Å². The molecule has 0 unspecified atom stereocenters. The van der Waals surface area contributed by atoms with E-state index < -0.39 is 0 Å². The van der Waals surface area contributed by atoms with Crippen molar-refractivity contribution >= 4 is 17.4 Å². The van der Waals surface area contributed by atoms with E-state index >= 15 is 0 Å². The Labute approximate surface area is 95.2 Å². The molecular formula is C11H18N4O. The number of nitrogen functional groups attached to an aromatic ring is 1. The van der Waals surface area contributed by atoms with Crippen LogP contribution in [0.2, 0.25) is 0 Å². The first kappa shape index (κ1) is 12.3. The Morgan fingerprint density at radius 3 is 2.88 bits per heavy atom. The van der Waals surface area contributed by atoms with E-state index in [9.17, 15) is 4.79 Å². The fourth-order valence-electron chi connectivity index (χ4n) is 1.28. The maximum Gasteiger partial charge on any atom is 0.217 e. The van der Waals surface area contributed by atoms with Crippen LogP contribution in [0.25, 0.3) is 0 Å². The van der Waals surface area contributed by atoms with Crippen molar-refractivity contribution in [1.29, 1.82) is 0 Å². The van der Waals surface area contributed by atoms with E-state index in [2.05, 4.69) is 10.3 Å². The molecule has 88 valence electrons. The first-order chi connectivity index (χ1) is 7.59. The molecule has 0 aromatic carbocycles. The van der Waals surface area contributed by atoms with Gasteiger partial charge in [-0.1, -0.05) is 0 Å². The van der Waals surface area contributed by atoms with Crippen molar-refractivity contribution in [2.45, 2.75) is 26.2 Å². The van der Waals surface area contributed by atoms with Gasteiger partial charge in [0.1, 0.15) is 5.82 Å². The van der Waals surface area contributed by atoms with E-state index in [1.54, 1.807) is 6.20 Å². The number of hydrogen-bond acceptors (Lipinski definition) is 4. The van der Waals surface area contributed by atoms with Gasteiger partial charge in [-0.15, -0.1) is 0 Å². The zero-order valence-corrected chi connectivity index (χ0v) is 9.49. The summed E-state index contributed by atoms with van der Waals surface area (Å²) in [4.78, 5) is 14.7. The molecule has 0 saturated carbocycles. The molecule has 0 aliphatic heterocycles. The predicted octanol–water partition coefficient (Wildman–Crippen LogP) is 1.04. The van der Waals surface area contributed by atoms with Crippen LogP contribution < -0.4 is 16.8 Å². The fourth-order valence-corrected chi connectivity index (χ4v) is 1.28. The number of aromatic nitrogens is 1. The second kappa shape index (κ2) is 5.95. The van der Waals surface area contributed by atoms with Crippen molar-refractivity contribution in [2.75, 3.05) is 17.6 Å². The molecule has 1 heterocycles. The number of carbonyl (C=O) groups excluding carboxylic acids is 1. The number of rotatable bonds is 6. The van der Waals surface area contributed by atoms with Crippen LogP contribution in [-0.2, 0) is 4.79 Å². The van der Waals surface area contributed by atoms with Gasteiger partial charge >= 0.3 is 0 Å². The Balaban J connectivity index is 2.27. The summed E-state index contributed by atoms with van der Waals surface area (Å²) in [6.07, 6.45) is 3.86. The maximum atomic E-state index is 10.5. The van der Waals surface area contributed by atoms with Crippen LogP contribution in [0.4, 0.5) is 11.5 Å². The molecule has 16 heavy (non-hydrogen) atoms. The highest BCUT2D eigenvalue weighted by molar-refractivity contribution is 5.73. The lowest BCUT2D eigenvalue weighted by Gasteiger charge is -2.06. The van der Waals surface area contributed by atoms with Gasteiger partial charge < -0.3 is 16.8 Å². The molecule has 5 N–H and O–H groups in total. The second-order valence-electron chi connectivity index (χ2n) is 3.78. The van der Waals surface area contributed by atoms with Crippen LogP contribution in [0, 0.1) is 6.92 Å². The van der Waals surface area contributed by atoms with Crippen LogP contribution >= 0.6 is 0 Å². The van der Waals surface area contributed by atoms with Gasteiger partial charge in [0, 0.05) is 30.9 Å². The summed E-state index contributed by atoms with van der Waals surface area (Å²) in [6, 6.07) is 1.81. The van der Waals surface area contributed by atoms with Crippen molar-refractivity contribution in [2.24, 2.45) is 5.73 Å². The third-order valence-corrected chi connectivity index (χ3v) is 2.30. The van der Waals surface area contributed by atoms with E-state index in [4.69, 9.17) is 11.5 Å². The van der Waals surface area contributed by atoms with E-state index in [1.165, 1.54) is 0 Å². The number of anilines is 2. The number of nitrogens with one attached hydrogen (secondary N) is 1. The molecule has 0 aliphatic rings. The standard InChI is InChI=1S/C11H18N4O/c1-8-7-15-11(6-9(8)12)14-5-3-2-4-10(13)16/h6-7H,2-5H2,1H3,(H2,13,16)(H3,12,14,15). The van der Waals surface area contributed by atoms with Crippen molar-refractivity contribution in [3.63, 3.8) is 0 Å². The molecule has 0 fully saturated rings. The molecule has 1 rings (SSSR count). The molecule has 0 saturated heterocycles. The number of nitrogens with two attached hydrogens (primary N) is 2. The summed E-state index contributed by atoms with van der Waals surface area (Å²) in [5, 5.41) is 3.14. The third-order valence-electron chi connectivity index (χ3n) is 2.30. The molecule has 0 bridgehead atoms. The lowest BCUT2D eigenvalue weighted by atomic mass is 10.2. The quantitative estimate of drug-likeness (QED) is 0.627. The number of nitrogens with zero attached hydrogens (tertiary/aromatic N) is 1. The number of unbranched alkanes of at least 4 members (excludes halogenated alkanes) is 1. The molecule has 0 spiro atoms. The van der Waals surface area contributed by atoms with Gasteiger partial charge in [0.2, 0.25) is 5.91 Å². The van der Waals surface area contributed by atoms with E-state index in [-0.39, 0.29) is 5.91 Å². The lowest BCUT2D eigenvalue weighted by Crippen LogP contribution is -2.11. The Kier molecular flexibility index (Phi) is 4.57. The number of carbonyl (C=O) groups is 1. The number of aryl methyl sites for hydroxylation is 1. The smallest absolute Gasteiger partial charge is 0.217 e. The van der Waals surface area contributed by atoms with Gasteiger partial charge in [0.15, 0.2) is 0 Å². The number of primary amides is 1. The summed E-state index contributed by atoms with van der Waals surface area (Å²) in [6.45, 7) is 2.68. The van der Waals surface area contributed by atoms with E-state index in [0.717, 1.165) is 36.5 Å². The van der Waals surface area contributed by atoms with Gasteiger partial charge in [0.05, 0.1) is 0 Å². The number of hydrogen-bond donors (Lipinski definition) is 3. The highest BCUT2D eigenvalue weighted by atomic mass is 16.1. The third kappa shape index (κ3) is 4.16. The molecular weight excluding hydrogens is 204 g/mol. The van der Waals surface area contributed by atoms with Gasteiger partial charge in [-0.2, -0.15) is 0 Å². The summed E-state index contributed by atoms with van der Waals surface area (Å²) < 4.78 is 0. The zero-order valence-electron chi connectivity index (χ0n) is 9.49. The van der Waals surface area contributed by atoms with E-state index in [0.29, 0.717) is 6.42 Å². The van der Waals surface area contributed by atoms with Crippen LogP contribution in [0.3, 0.4) is 0 Å². The minimum atomic E-state index is -0.252. The van der Waals surface area contributed by atoms with Gasteiger partial charge in [-0.3, -0.25) is 4.79 Å². The topological polar surface area (TPSA) is 94.0 Å². The maximum absolute atomic E-state index is 10.5. The summed E-state index contributed by atoms with van der Waals surface area (Å²) in [5.74, 6) is 0.514. The Morgan fingerprint density at radius 1 is 1.50 bits per heavy atom. The first-order valence-corrected chi connectivity index (χ1v) is 5.34. The van der Waals surface area contributed by atoms with Gasteiger partial charge in [0.25, 0.3) is 0 Å². The minimum Gasteiger partial charge on any atom is -0.398 e. The summed E-state index contributed by atoms with van der Waals surface area (Å²) in [5.41, 5.74) is 12.5. The highest BCUT2D eigenvalue weighted by Crippen LogP contribution is 2.13. The van der Waals surface area contributed by atoms with Crippen LogP contribution in [0.5, 0.6) is 0 Å². The number of pyridine rings is 1. The first-order valence-electron chi connectivity index (χ1n) is 5.34. The SMILES string of the molecule is Cc1cnc(NCCCCC(N)=O)cc1N. The molecule has 0 atom stereocenters. The molecule has 1 aromatic heterocycles. The molecule has 0 aliphatic carbocycles. The predicted molar refractivity (Wildman–Crippen MR) is 64.9 cm³/mol. The molecule has 1 aromatic rings. The Hall–Kier alpha value is -1.78. The van der Waals surface area contributed by atoms with E-state index in [1.807, 2.05) is 13.0 Å². The average molecular weight is 222 g/mol. The summed E-state index contributed by atoms with van der Waals surface area (Å²) >= 11 is 0. The molecule has 5 heteroatoms. The van der Waals surface area contributed by atoms with Crippen LogP contribution in [-0.4, -0.2) is 17.4 Å². The fraction of sp³-hybridized carbons (Fsp3) is 0.455. The van der Waals surface area contributed by atoms with Crippen molar-refractivity contribution in [3.05, 3.63) is 17.8 Å². The zero-order chi connectivity index (χ0) is 12.0. The normalized spacial score (nSPS) is 10.1. The second-order valence-corrected chi connectivity index (χ2v) is 3.78. The average Bonchev–Trinajstić information content (AvgIpc) is 2.22. The lowest BCUT2D eigenvalue weighted by molar-refractivity contribution is -0.118. The number of amides is 1. The molecule has 1 amide bonds. The summed E-state index contributed by atoms with van der Waals surface area (Å²) in [7, 11) is 0. The highest BCUT2D eigenvalue weighted by Gasteiger charge is 1.98. The molecule has 0 radical (unpaired) electrons. The van der Waals surface area contributed by atoms with Crippen molar-refractivity contribution in [3.8, 4) is 0 Å². The van der Waals surface area contributed by atoms with Crippen LogP contribution in [0.1, 0.15) is 24.8 Å². The molecule has 5 nitrogen and oxygen atoms in total. The van der Waals surface area contributed by atoms with Crippen molar-refractivity contribution < 1.29 is 4.79 Å².